The van der Waals surface area contributed by atoms with Gasteiger partial charge in [0.2, 0.25) is 0 Å². The summed E-state index contributed by atoms with van der Waals surface area (Å²) in [5.74, 6) is 0.907. The first-order valence-electron chi connectivity index (χ1n) is 10.1. The highest BCUT2D eigenvalue weighted by Gasteiger charge is 2.04. The van der Waals surface area contributed by atoms with Crippen LogP contribution in [0.3, 0.4) is 0 Å². The molecule has 0 aliphatic carbocycles. The van der Waals surface area contributed by atoms with Crippen LogP contribution in [0.25, 0.3) is 0 Å². The minimum atomic E-state index is 0.819. The van der Waals surface area contributed by atoms with Crippen molar-refractivity contribution < 1.29 is 0 Å². The molecule has 148 valence electrons. The maximum Gasteiger partial charge on any atom is 0.191 e. The molecule has 0 radical (unpaired) electrons. The number of aryl methyl sites for hydroxylation is 2. The van der Waals surface area contributed by atoms with Gasteiger partial charge in [0.15, 0.2) is 5.96 Å². The van der Waals surface area contributed by atoms with Crippen molar-refractivity contribution in [1.82, 2.24) is 20.8 Å². The number of guanidine groups is 1. The van der Waals surface area contributed by atoms with E-state index in [0.29, 0.717) is 0 Å². The average molecular weight is 371 g/mol. The Hall–Kier alpha value is -2.50. The number of aromatic amines is 1. The van der Waals surface area contributed by atoms with Crippen LogP contribution >= 0.6 is 0 Å². The zero-order chi connectivity index (χ0) is 19.3. The van der Waals surface area contributed by atoms with Crippen LogP contribution in [-0.2, 0) is 6.42 Å². The lowest BCUT2D eigenvalue weighted by Gasteiger charge is -2.22. The molecule has 1 aromatic carbocycles. The lowest BCUT2D eigenvalue weighted by molar-refractivity contribution is 0.725. The van der Waals surface area contributed by atoms with Gasteiger partial charge in [0.1, 0.15) is 0 Å². The van der Waals surface area contributed by atoms with Crippen molar-refractivity contribution in [2.45, 2.75) is 40.0 Å². The van der Waals surface area contributed by atoms with Crippen LogP contribution in [-0.4, -0.2) is 48.9 Å². The smallest absolute Gasteiger partial charge is 0.191 e. The van der Waals surface area contributed by atoms with Crippen LogP contribution in [0, 0.1) is 6.92 Å². The molecular formula is C21H34N6. The Balaban J connectivity index is 1.71. The first kappa shape index (κ1) is 20.8. The highest BCUT2D eigenvalue weighted by atomic mass is 15.2. The van der Waals surface area contributed by atoms with Gasteiger partial charge in [-0.25, -0.2) is 0 Å². The second-order valence-electron chi connectivity index (χ2n) is 6.58. The Kier molecular flexibility index (Phi) is 9.24. The molecule has 1 heterocycles. The fourth-order valence-corrected chi connectivity index (χ4v) is 3.02. The van der Waals surface area contributed by atoms with Gasteiger partial charge in [-0.2, -0.15) is 5.10 Å². The molecule has 0 unspecified atom stereocenters. The summed E-state index contributed by atoms with van der Waals surface area (Å²) in [6, 6.07) is 10.6. The monoisotopic (exact) mass is 370 g/mol. The lowest BCUT2D eigenvalue weighted by atomic mass is 10.1. The summed E-state index contributed by atoms with van der Waals surface area (Å²) in [5.41, 5.74) is 3.73. The van der Waals surface area contributed by atoms with E-state index in [1.807, 2.05) is 6.20 Å². The third-order valence-electron chi connectivity index (χ3n) is 4.55. The van der Waals surface area contributed by atoms with E-state index in [-0.39, 0.29) is 0 Å². The van der Waals surface area contributed by atoms with Crippen molar-refractivity contribution in [3.05, 3.63) is 47.8 Å². The normalized spacial score (nSPS) is 11.4. The number of anilines is 1. The molecule has 0 saturated heterocycles. The SMILES string of the molecule is CCNC(=NCCCN(CC)c1ccccc1)NCCCc1cn[nH]c1C. The van der Waals surface area contributed by atoms with Crippen molar-refractivity contribution >= 4 is 11.6 Å². The van der Waals surface area contributed by atoms with Crippen molar-refractivity contribution in [2.75, 3.05) is 37.6 Å². The number of hydrogen-bond donors (Lipinski definition) is 3. The van der Waals surface area contributed by atoms with Gasteiger partial charge >= 0.3 is 0 Å². The Labute approximate surface area is 163 Å². The molecule has 0 spiro atoms. The number of benzene rings is 1. The van der Waals surface area contributed by atoms with E-state index in [4.69, 9.17) is 4.99 Å². The Morgan fingerprint density at radius 3 is 2.63 bits per heavy atom. The highest BCUT2D eigenvalue weighted by Crippen LogP contribution is 2.12. The zero-order valence-corrected chi connectivity index (χ0v) is 17.0. The number of rotatable bonds is 11. The number of aromatic nitrogens is 2. The molecule has 0 aliphatic heterocycles. The van der Waals surface area contributed by atoms with Crippen LogP contribution in [0.2, 0.25) is 0 Å². The van der Waals surface area contributed by atoms with E-state index in [1.54, 1.807) is 0 Å². The van der Waals surface area contributed by atoms with E-state index in [1.165, 1.54) is 11.3 Å². The highest BCUT2D eigenvalue weighted by molar-refractivity contribution is 5.79. The third-order valence-corrected chi connectivity index (χ3v) is 4.55. The summed E-state index contributed by atoms with van der Waals surface area (Å²) in [6.45, 7) is 11.0. The van der Waals surface area contributed by atoms with Gasteiger partial charge in [-0.05, 0) is 57.7 Å². The van der Waals surface area contributed by atoms with Crippen LogP contribution in [0.1, 0.15) is 37.9 Å². The second kappa shape index (κ2) is 12.0. The van der Waals surface area contributed by atoms with E-state index >= 15 is 0 Å². The first-order chi connectivity index (χ1) is 13.2. The quantitative estimate of drug-likeness (QED) is 0.323. The second-order valence-corrected chi connectivity index (χ2v) is 6.58. The van der Waals surface area contributed by atoms with Gasteiger partial charge in [-0.15, -0.1) is 0 Å². The summed E-state index contributed by atoms with van der Waals surface area (Å²) in [7, 11) is 0. The van der Waals surface area contributed by atoms with Crippen LogP contribution in [0.5, 0.6) is 0 Å². The summed E-state index contributed by atoms with van der Waals surface area (Å²) in [5, 5.41) is 13.8. The van der Waals surface area contributed by atoms with E-state index in [9.17, 15) is 0 Å². The standard InChI is InChI=1S/C21H34N6/c1-4-22-21(23-14-9-11-19-17-25-26-18(19)3)24-15-10-16-27(5-2)20-12-7-6-8-13-20/h6-8,12-13,17H,4-5,9-11,14-16H2,1-3H3,(H,25,26)(H2,22,23,24). The molecule has 2 rings (SSSR count). The fraction of sp³-hybridized carbons (Fsp3) is 0.524. The van der Waals surface area contributed by atoms with Crippen LogP contribution in [0.15, 0.2) is 41.5 Å². The van der Waals surface area contributed by atoms with Gasteiger partial charge < -0.3 is 15.5 Å². The van der Waals surface area contributed by atoms with Gasteiger partial charge in [0.25, 0.3) is 0 Å². The number of nitrogens with zero attached hydrogens (tertiary/aromatic N) is 3. The summed E-state index contributed by atoms with van der Waals surface area (Å²) >= 11 is 0. The molecule has 6 nitrogen and oxygen atoms in total. The molecule has 1 aromatic heterocycles. The predicted molar refractivity (Wildman–Crippen MR) is 115 cm³/mol. The topological polar surface area (TPSA) is 68.3 Å². The number of para-hydroxylation sites is 1. The Bertz CT molecular complexity index is 664. The maximum absolute atomic E-state index is 4.71. The van der Waals surface area contributed by atoms with E-state index in [0.717, 1.165) is 63.6 Å². The van der Waals surface area contributed by atoms with Crippen molar-refractivity contribution in [3.8, 4) is 0 Å². The van der Waals surface area contributed by atoms with Crippen molar-refractivity contribution in [1.29, 1.82) is 0 Å². The van der Waals surface area contributed by atoms with Crippen LogP contribution < -0.4 is 15.5 Å². The first-order valence-corrected chi connectivity index (χ1v) is 10.1. The van der Waals surface area contributed by atoms with Crippen LogP contribution in [0.4, 0.5) is 5.69 Å². The Morgan fingerprint density at radius 2 is 1.96 bits per heavy atom. The minimum absolute atomic E-state index is 0.819. The lowest BCUT2D eigenvalue weighted by Crippen LogP contribution is -2.38. The summed E-state index contributed by atoms with van der Waals surface area (Å²) < 4.78 is 0. The molecular weight excluding hydrogens is 336 g/mol. The van der Waals surface area contributed by atoms with Gasteiger partial charge in [-0.3, -0.25) is 10.1 Å². The molecule has 0 atom stereocenters. The number of nitrogens with one attached hydrogen (secondary N) is 3. The molecule has 6 heteroatoms. The van der Waals surface area contributed by atoms with E-state index < -0.39 is 0 Å². The molecule has 0 fully saturated rings. The number of H-pyrrole nitrogens is 1. The minimum Gasteiger partial charge on any atom is -0.372 e. The molecule has 0 aliphatic rings. The average Bonchev–Trinajstić information content (AvgIpc) is 3.10. The summed E-state index contributed by atoms with van der Waals surface area (Å²) in [6.07, 6.45) is 5.04. The van der Waals surface area contributed by atoms with Gasteiger partial charge in [0, 0.05) is 44.1 Å². The largest absolute Gasteiger partial charge is 0.372 e. The van der Waals surface area contributed by atoms with Crippen molar-refractivity contribution in [3.63, 3.8) is 0 Å². The number of hydrogen-bond acceptors (Lipinski definition) is 3. The van der Waals surface area contributed by atoms with E-state index in [2.05, 4.69) is 76.8 Å². The molecule has 27 heavy (non-hydrogen) atoms. The fourth-order valence-electron chi connectivity index (χ4n) is 3.02. The number of aliphatic imine (C=N–C) groups is 1. The Morgan fingerprint density at radius 1 is 1.15 bits per heavy atom. The molecule has 2 aromatic rings. The molecule has 0 amide bonds. The molecule has 0 saturated carbocycles. The van der Waals surface area contributed by atoms with Gasteiger partial charge in [0.05, 0.1) is 6.20 Å². The predicted octanol–water partition coefficient (Wildman–Crippen LogP) is 3.12. The van der Waals surface area contributed by atoms with Crippen molar-refractivity contribution in [2.24, 2.45) is 4.99 Å². The third kappa shape index (κ3) is 7.33. The zero-order valence-electron chi connectivity index (χ0n) is 17.0. The molecule has 3 N–H and O–H groups in total. The maximum atomic E-state index is 4.71. The summed E-state index contributed by atoms with van der Waals surface area (Å²) in [4.78, 5) is 7.11. The molecule has 0 bridgehead atoms. The van der Waals surface area contributed by atoms with Gasteiger partial charge in [-0.1, -0.05) is 18.2 Å².